The fraction of sp³-hybridized carbons (Fsp3) is 0. The van der Waals surface area contributed by atoms with E-state index in [9.17, 15) is 14.9 Å². The van der Waals surface area contributed by atoms with E-state index in [0.717, 1.165) is 5.56 Å². The van der Waals surface area contributed by atoms with Crippen molar-refractivity contribution < 1.29 is 4.92 Å². The normalized spacial score (nSPS) is 11.3. The van der Waals surface area contributed by atoms with Gasteiger partial charge in [-0.1, -0.05) is 47.5 Å². The average molecular weight is 515 g/mol. The van der Waals surface area contributed by atoms with E-state index < -0.39 is 10.5 Å². The van der Waals surface area contributed by atoms with Crippen LogP contribution in [0.1, 0.15) is 5.56 Å². The van der Waals surface area contributed by atoms with Crippen molar-refractivity contribution in [3.05, 3.63) is 127 Å². The van der Waals surface area contributed by atoms with Crippen molar-refractivity contribution in [3.63, 3.8) is 0 Å². The molecule has 0 fully saturated rings. The van der Waals surface area contributed by atoms with Crippen molar-refractivity contribution in [3.8, 4) is 17.1 Å². The Morgan fingerprint density at radius 3 is 2.31 bits per heavy atom. The molecule has 9 heteroatoms. The van der Waals surface area contributed by atoms with E-state index >= 15 is 0 Å². The van der Waals surface area contributed by atoms with Crippen molar-refractivity contribution in [2.24, 2.45) is 4.99 Å². The van der Waals surface area contributed by atoms with Crippen LogP contribution < -0.4 is 5.56 Å². The monoisotopic (exact) mass is 514 g/mol. The molecule has 0 spiro atoms. The molecule has 7 nitrogen and oxygen atoms in total. The fourth-order valence-electron chi connectivity index (χ4n) is 3.78. The Labute approximate surface area is 215 Å². The second-order valence-electron chi connectivity index (χ2n) is 7.84. The van der Waals surface area contributed by atoms with Crippen molar-refractivity contribution in [2.75, 3.05) is 0 Å². The van der Waals surface area contributed by atoms with Crippen molar-refractivity contribution >= 4 is 51.7 Å². The van der Waals surface area contributed by atoms with Gasteiger partial charge in [-0.3, -0.25) is 24.5 Å². The number of para-hydroxylation sites is 1. The van der Waals surface area contributed by atoms with Crippen LogP contribution in [0.25, 0.3) is 28.0 Å². The predicted molar refractivity (Wildman–Crippen MR) is 143 cm³/mol. The van der Waals surface area contributed by atoms with Crippen LogP contribution in [0.15, 0.2) is 101 Å². The lowest BCUT2D eigenvalue weighted by molar-refractivity contribution is -0.384. The zero-order chi connectivity index (χ0) is 25.2. The summed E-state index contributed by atoms with van der Waals surface area (Å²) in [6.45, 7) is 0. The van der Waals surface area contributed by atoms with E-state index in [4.69, 9.17) is 28.2 Å². The van der Waals surface area contributed by atoms with Crippen molar-refractivity contribution in [1.82, 2.24) is 9.55 Å². The Hall–Kier alpha value is -4.33. The molecule has 0 atom stereocenters. The molecule has 0 radical (unpaired) electrons. The minimum Gasteiger partial charge on any atom is -0.268 e. The number of rotatable bonds is 5. The van der Waals surface area contributed by atoms with Crippen molar-refractivity contribution in [2.45, 2.75) is 0 Å². The maximum atomic E-state index is 13.6. The lowest BCUT2D eigenvalue weighted by atomic mass is 10.1. The van der Waals surface area contributed by atoms with Gasteiger partial charge in [-0.25, -0.2) is 4.98 Å². The van der Waals surface area contributed by atoms with E-state index in [1.807, 2.05) is 12.1 Å². The molecule has 4 aromatic carbocycles. The molecule has 0 amide bonds. The van der Waals surface area contributed by atoms with Crippen LogP contribution in [0.4, 0.5) is 11.4 Å². The molecule has 0 bridgehead atoms. The van der Waals surface area contributed by atoms with Gasteiger partial charge in [0.1, 0.15) is 11.5 Å². The smallest absolute Gasteiger partial charge is 0.268 e. The highest BCUT2D eigenvalue weighted by Crippen LogP contribution is 2.30. The summed E-state index contributed by atoms with van der Waals surface area (Å²) in [4.78, 5) is 34.0. The number of nitrogens with zero attached hydrogens (tertiary/aromatic N) is 4. The summed E-state index contributed by atoms with van der Waals surface area (Å²) in [5.74, 6) is 0.261. The zero-order valence-electron chi connectivity index (χ0n) is 18.5. The average Bonchev–Trinajstić information content (AvgIpc) is 2.89. The highest BCUT2D eigenvalue weighted by Gasteiger charge is 2.22. The van der Waals surface area contributed by atoms with Gasteiger partial charge in [-0.05, 0) is 66.2 Å². The van der Waals surface area contributed by atoms with Gasteiger partial charge in [0.25, 0.3) is 11.2 Å². The van der Waals surface area contributed by atoms with Crippen molar-refractivity contribution in [1.29, 1.82) is 0 Å². The van der Waals surface area contributed by atoms with E-state index in [-0.39, 0.29) is 22.2 Å². The van der Waals surface area contributed by atoms with Gasteiger partial charge in [0, 0.05) is 27.9 Å². The molecule has 0 saturated heterocycles. The molecule has 0 N–H and O–H groups in total. The SMILES string of the molecule is O=c1c2ccccc2nc(-c2ccc(N=Cc3ccc(Cl)cc3)cc2)n1-c1ccc(Cl)cc1[N+](=O)[O-]. The maximum Gasteiger partial charge on any atom is 0.294 e. The molecule has 5 rings (SSSR count). The summed E-state index contributed by atoms with van der Waals surface area (Å²) in [5.41, 5.74) is 2.00. The van der Waals surface area contributed by atoms with Crippen LogP contribution in [0.2, 0.25) is 10.0 Å². The second-order valence-corrected chi connectivity index (χ2v) is 8.71. The van der Waals surface area contributed by atoms with Gasteiger partial charge in [0.15, 0.2) is 0 Å². The van der Waals surface area contributed by atoms with E-state index in [2.05, 4.69) is 4.99 Å². The molecule has 176 valence electrons. The van der Waals surface area contributed by atoms with Crippen LogP contribution in [0, 0.1) is 10.1 Å². The molecule has 0 unspecified atom stereocenters. The third-order valence-electron chi connectivity index (χ3n) is 5.51. The Morgan fingerprint density at radius 2 is 1.58 bits per heavy atom. The highest BCUT2D eigenvalue weighted by molar-refractivity contribution is 6.31. The molecular weight excluding hydrogens is 499 g/mol. The minimum absolute atomic E-state index is 0.0764. The highest BCUT2D eigenvalue weighted by atomic mass is 35.5. The largest absolute Gasteiger partial charge is 0.294 e. The topological polar surface area (TPSA) is 90.4 Å². The zero-order valence-corrected chi connectivity index (χ0v) is 20.0. The molecule has 0 saturated carbocycles. The summed E-state index contributed by atoms with van der Waals surface area (Å²) in [7, 11) is 0. The fourth-order valence-corrected chi connectivity index (χ4v) is 4.07. The molecule has 0 aliphatic heterocycles. The molecule has 1 aromatic heterocycles. The molecule has 5 aromatic rings. The number of fused-ring (bicyclic) bond motifs is 1. The number of aromatic nitrogens is 2. The standard InChI is InChI=1S/C27H16Cl2N4O3/c28-19-9-5-17(6-10-19)16-30-21-12-7-18(8-13-21)26-31-23-4-2-1-3-22(23)27(34)32(26)24-14-11-20(29)15-25(24)33(35)36/h1-16H. The molecule has 0 aliphatic carbocycles. The summed E-state index contributed by atoms with van der Waals surface area (Å²) in [6.07, 6.45) is 1.71. The van der Waals surface area contributed by atoms with Crippen LogP contribution in [-0.2, 0) is 0 Å². The van der Waals surface area contributed by atoms with E-state index in [0.29, 0.717) is 27.2 Å². The summed E-state index contributed by atoms with van der Waals surface area (Å²) in [5, 5.41) is 13.0. The van der Waals surface area contributed by atoms with E-state index in [1.54, 1.807) is 66.9 Å². The Bertz CT molecular complexity index is 1700. The van der Waals surface area contributed by atoms with Crippen LogP contribution in [0.3, 0.4) is 0 Å². The quantitative estimate of drug-likeness (QED) is 0.143. The number of aliphatic imine (C=N–C) groups is 1. The number of nitro benzene ring substituents is 1. The lowest BCUT2D eigenvalue weighted by Gasteiger charge is -2.14. The van der Waals surface area contributed by atoms with Crippen LogP contribution in [-0.4, -0.2) is 20.7 Å². The molecular formula is C27H16Cl2N4O3. The van der Waals surface area contributed by atoms with Crippen LogP contribution >= 0.6 is 23.2 Å². The summed E-state index contributed by atoms with van der Waals surface area (Å²) >= 11 is 11.9. The van der Waals surface area contributed by atoms with E-state index in [1.165, 1.54) is 22.8 Å². The van der Waals surface area contributed by atoms with Gasteiger partial charge in [0.2, 0.25) is 0 Å². The van der Waals surface area contributed by atoms with Gasteiger partial charge >= 0.3 is 0 Å². The number of benzene rings is 4. The third kappa shape index (κ3) is 4.62. The maximum absolute atomic E-state index is 13.6. The number of halogens is 2. The van der Waals surface area contributed by atoms with Crippen LogP contribution in [0.5, 0.6) is 0 Å². The van der Waals surface area contributed by atoms with Gasteiger partial charge < -0.3 is 0 Å². The number of hydrogen-bond acceptors (Lipinski definition) is 5. The first-order chi connectivity index (χ1) is 17.4. The van der Waals surface area contributed by atoms with Gasteiger partial charge in [-0.2, -0.15) is 0 Å². The molecule has 0 aliphatic rings. The number of hydrogen-bond donors (Lipinski definition) is 0. The Kier molecular flexibility index (Phi) is 6.33. The summed E-state index contributed by atoms with van der Waals surface area (Å²) < 4.78 is 1.25. The molecule has 36 heavy (non-hydrogen) atoms. The molecule has 1 heterocycles. The first kappa shape index (κ1) is 23.4. The number of nitro groups is 1. The first-order valence-electron chi connectivity index (χ1n) is 10.8. The van der Waals surface area contributed by atoms with Gasteiger partial charge in [-0.15, -0.1) is 0 Å². The summed E-state index contributed by atoms with van der Waals surface area (Å²) in [6, 6.07) is 25.4. The minimum atomic E-state index is -0.568. The lowest BCUT2D eigenvalue weighted by Crippen LogP contribution is -2.22. The second kappa shape index (κ2) is 9.73. The predicted octanol–water partition coefficient (Wildman–Crippen LogP) is 7.02. The Balaban J connectivity index is 1.65. The third-order valence-corrected chi connectivity index (χ3v) is 6.00. The van der Waals surface area contributed by atoms with Gasteiger partial charge in [0.05, 0.1) is 21.5 Å². The first-order valence-corrected chi connectivity index (χ1v) is 11.5. The Morgan fingerprint density at radius 1 is 0.889 bits per heavy atom.